The molecule has 2 aromatic carbocycles. The average Bonchev–Trinajstić information content (AvgIpc) is 3.34. The summed E-state index contributed by atoms with van der Waals surface area (Å²) in [5, 5.41) is 8.86. The first-order chi connectivity index (χ1) is 12.7. The minimum absolute atomic E-state index is 0.161. The molecule has 0 aliphatic rings. The third-order valence-corrected chi connectivity index (χ3v) is 4.72. The van der Waals surface area contributed by atoms with Crippen LogP contribution in [0, 0.1) is 6.92 Å². The van der Waals surface area contributed by atoms with E-state index in [0.29, 0.717) is 27.8 Å². The third kappa shape index (κ3) is 3.27. The first-order valence-corrected chi connectivity index (χ1v) is 8.94. The van der Waals surface area contributed by atoms with E-state index in [1.54, 1.807) is 6.07 Å². The normalized spacial score (nSPS) is 10.7. The molecule has 0 fully saturated rings. The molecule has 0 atom stereocenters. The Hall–Kier alpha value is -3.25. The molecule has 0 saturated heterocycles. The maximum Gasteiger partial charge on any atom is 0.265 e. The van der Waals surface area contributed by atoms with E-state index in [2.05, 4.69) is 15.5 Å². The second kappa shape index (κ2) is 6.93. The number of thiophene rings is 1. The first kappa shape index (κ1) is 16.2. The zero-order valence-electron chi connectivity index (χ0n) is 14.0. The van der Waals surface area contributed by atoms with Crippen molar-refractivity contribution in [2.75, 3.05) is 5.32 Å². The lowest BCUT2D eigenvalue weighted by molar-refractivity contribution is 0.103. The molecule has 4 aromatic rings. The lowest BCUT2D eigenvalue weighted by Gasteiger charge is -2.07. The van der Waals surface area contributed by atoms with Gasteiger partial charge in [-0.15, -0.1) is 11.3 Å². The van der Waals surface area contributed by atoms with Crippen molar-refractivity contribution in [1.29, 1.82) is 0 Å². The van der Waals surface area contributed by atoms with Crippen molar-refractivity contribution in [3.63, 3.8) is 0 Å². The van der Waals surface area contributed by atoms with Crippen LogP contribution >= 0.6 is 11.3 Å². The monoisotopic (exact) mass is 361 g/mol. The molecule has 2 heterocycles. The second-order valence-electron chi connectivity index (χ2n) is 5.77. The molecular weight excluding hydrogens is 346 g/mol. The molecule has 0 bridgehead atoms. The van der Waals surface area contributed by atoms with Gasteiger partial charge in [0, 0.05) is 5.56 Å². The minimum Gasteiger partial charge on any atom is -0.334 e. The summed E-state index contributed by atoms with van der Waals surface area (Å²) in [5.41, 5.74) is 3.33. The molecule has 0 aliphatic heterocycles. The van der Waals surface area contributed by atoms with Crippen LogP contribution in [0.25, 0.3) is 22.8 Å². The molecule has 0 saturated carbocycles. The van der Waals surface area contributed by atoms with Crippen molar-refractivity contribution >= 4 is 22.9 Å². The number of benzene rings is 2. The molecule has 6 heteroatoms. The number of nitrogens with one attached hydrogen (secondary N) is 1. The zero-order valence-corrected chi connectivity index (χ0v) is 14.8. The summed E-state index contributed by atoms with van der Waals surface area (Å²) in [7, 11) is 0. The molecule has 0 aliphatic carbocycles. The van der Waals surface area contributed by atoms with Gasteiger partial charge in [0.15, 0.2) is 0 Å². The van der Waals surface area contributed by atoms with Gasteiger partial charge < -0.3 is 9.84 Å². The Kier molecular flexibility index (Phi) is 4.33. The van der Waals surface area contributed by atoms with Gasteiger partial charge in [-0.3, -0.25) is 4.79 Å². The van der Waals surface area contributed by atoms with Gasteiger partial charge in [-0.1, -0.05) is 47.1 Å². The Balaban J connectivity index is 1.66. The Morgan fingerprint density at radius 3 is 2.77 bits per heavy atom. The van der Waals surface area contributed by atoms with Crippen molar-refractivity contribution in [3.05, 3.63) is 76.5 Å². The number of aryl methyl sites for hydroxylation is 1. The highest BCUT2D eigenvalue weighted by Gasteiger charge is 2.16. The van der Waals surface area contributed by atoms with E-state index in [1.807, 2.05) is 66.9 Å². The predicted molar refractivity (Wildman–Crippen MR) is 102 cm³/mol. The number of hydrogen-bond acceptors (Lipinski definition) is 5. The van der Waals surface area contributed by atoms with Gasteiger partial charge in [0.2, 0.25) is 5.82 Å². The van der Waals surface area contributed by atoms with E-state index in [4.69, 9.17) is 4.52 Å². The molecule has 1 amide bonds. The van der Waals surface area contributed by atoms with Crippen LogP contribution in [0.3, 0.4) is 0 Å². The van der Waals surface area contributed by atoms with E-state index in [0.717, 1.165) is 11.1 Å². The van der Waals surface area contributed by atoms with E-state index < -0.39 is 0 Å². The lowest BCUT2D eigenvalue weighted by atomic mass is 10.1. The number of aromatic nitrogens is 2. The topological polar surface area (TPSA) is 68.0 Å². The van der Waals surface area contributed by atoms with Gasteiger partial charge in [0.05, 0.1) is 16.1 Å². The Morgan fingerprint density at radius 1 is 1.08 bits per heavy atom. The van der Waals surface area contributed by atoms with E-state index in [-0.39, 0.29) is 5.91 Å². The van der Waals surface area contributed by atoms with Crippen LogP contribution in [0.5, 0.6) is 0 Å². The van der Waals surface area contributed by atoms with Crippen molar-refractivity contribution < 1.29 is 9.32 Å². The second-order valence-corrected chi connectivity index (χ2v) is 6.72. The molecule has 26 heavy (non-hydrogen) atoms. The van der Waals surface area contributed by atoms with Crippen LogP contribution in [0.15, 0.2) is 70.6 Å². The number of carbonyl (C=O) groups excluding carboxylic acids is 1. The van der Waals surface area contributed by atoms with Crippen LogP contribution in [0.1, 0.15) is 15.2 Å². The Bertz CT molecular complexity index is 1050. The summed E-state index contributed by atoms with van der Waals surface area (Å²) in [5.74, 6) is 0.720. The molecule has 0 radical (unpaired) electrons. The summed E-state index contributed by atoms with van der Waals surface area (Å²) < 4.78 is 5.45. The van der Waals surface area contributed by atoms with E-state index in [1.165, 1.54) is 11.3 Å². The smallest absolute Gasteiger partial charge is 0.265 e. The van der Waals surface area contributed by atoms with E-state index in [9.17, 15) is 4.79 Å². The quantitative estimate of drug-likeness (QED) is 0.554. The van der Waals surface area contributed by atoms with Gasteiger partial charge >= 0.3 is 0 Å². The summed E-state index contributed by atoms with van der Waals surface area (Å²) in [6.45, 7) is 2.01. The van der Waals surface area contributed by atoms with Crippen LogP contribution in [0.2, 0.25) is 0 Å². The number of nitrogens with zero attached hydrogens (tertiary/aromatic N) is 2. The Morgan fingerprint density at radius 2 is 1.96 bits per heavy atom. The number of hydrogen-bond donors (Lipinski definition) is 1. The molecule has 1 N–H and O–H groups in total. The molecule has 0 unspecified atom stereocenters. The van der Waals surface area contributed by atoms with Gasteiger partial charge in [0.25, 0.3) is 11.8 Å². The van der Waals surface area contributed by atoms with Crippen molar-refractivity contribution in [2.24, 2.45) is 0 Å². The average molecular weight is 361 g/mol. The van der Waals surface area contributed by atoms with Crippen molar-refractivity contribution in [1.82, 2.24) is 10.1 Å². The van der Waals surface area contributed by atoms with Crippen molar-refractivity contribution in [2.45, 2.75) is 6.92 Å². The first-order valence-electron chi connectivity index (χ1n) is 8.06. The number of carbonyl (C=O) groups is 1. The Labute approximate surface area is 154 Å². The fraction of sp³-hybridized carbons (Fsp3) is 0.0500. The lowest BCUT2D eigenvalue weighted by Crippen LogP contribution is -2.10. The van der Waals surface area contributed by atoms with Gasteiger partial charge in [-0.2, -0.15) is 4.98 Å². The number of amides is 1. The highest BCUT2D eigenvalue weighted by Crippen LogP contribution is 2.29. The van der Waals surface area contributed by atoms with Gasteiger partial charge in [-0.25, -0.2) is 0 Å². The van der Waals surface area contributed by atoms with Crippen LogP contribution in [-0.2, 0) is 0 Å². The number of anilines is 1. The summed E-state index contributed by atoms with van der Waals surface area (Å²) in [4.78, 5) is 17.5. The maximum atomic E-state index is 12.4. The third-order valence-electron chi connectivity index (χ3n) is 3.85. The summed E-state index contributed by atoms with van der Waals surface area (Å²) in [6, 6.07) is 18.9. The fourth-order valence-corrected chi connectivity index (χ4v) is 3.22. The molecule has 128 valence electrons. The molecule has 4 rings (SSSR count). The van der Waals surface area contributed by atoms with Crippen LogP contribution in [-0.4, -0.2) is 16.0 Å². The minimum atomic E-state index is -0.161. The highest BCUT2D eigenvalue weighted by atomic mass is 32.1. The van der Waals surface area contributed by atoms with Gasteiger partial charge in [0.1, 0.15) is 0 Å². The standard InChI is InChI=1S/C20H15N3O2S/c1-13-6-4-7-14(12-13)18-22-20(25-23-18)15-8-2-3-9-16(15)21-19(24)17-10-5-11-26-17/h2-12H,1H3,(H,21,24). The predicted octanol–water partition coefficient (Wildman–Crippen LogP) is 5.03. The van der Waals surface area contributed by atoms with Crippen LogP contribution < -0.4 is 5.32 Å². The summed E-state index contributed by atoms with van der Waals surface area (Å²) >= 11 is 1.39. The largest absolute Gasteiger partial charge is 0.334 e. The maximum absolute atomic E-state index is 12.4. The zero-order chi connectivity index (χ0) is 17.9. The van der Waals surface area contributed by atoms with E-state index >= 15 is 0 Å². The van der Waals surface area contributed by atoms with Gasteiger partial charge in [-0.05, 0) is 36.6 Å². The SMILES string of the molecule is Cc1cccc(-c2noc(-c3ccccc3NC(=O)c3cccs3)n2)c1. The number of rotatable bonds is 4. The highest BCUT2D eigenvalue weighted by molar-refractivity contribution is 7.12. The molecular formula is C20H15N3O2S. The fourth-order valence-electron chi connectivity index (χ4n) is 2.60. The summed E-state index contributed by atoms with van der Waals surface area (Å²) in [6.07, 6.45) is 0. The number of para-hydroxylation sites is 1. The van der Waals surface area contributed by atoms with Crippen LogP contribution in [0.4, 0.5) is 5.69 Å². The molecule has 2 aromatic heterocycles. The van der Waals surface area contributed by atoms with Crippen molar-refractivity contribution in [3.8, 4) is 22.8 Å². The molecule has 0 spiro atoms. The molecule has 5 nitrogen and oxygen atoms in total.